The molecule has 0 aromatic heterocycles. The van der Waals surface area contributed by atoms with Gasteiger partial charge in [0.15, 0.2) is 11.5 Å². The number of benzene rings is 2. The molecule has 2 aromatic carbocycles. The van der Waals surface area contributed by atoms with Crippen LogP contribution in [0.3, 0.4) is 0 Å². The van der Waals surface area contributed by atoms with Crippen LogP contribution in [0.2, 0.25) is 0 Å². The van der Waals surface area contributed by atoms with Crippen LogP contribution in [0.5, 0.6) is 11.5 Å². The van der Waals surface area contributed by atoms with Crippen molar-refractivity contribution in [1.82, 2.24) is 0 Å². The second kappa shape index (κ2) is 4.91. The lowest BCUT2D eigenvalue weighted by atomic mass is 10.1. The monoisotopic (exact) mass is 228 g/mol. The van der Waals surface area contributed by atoms with Gasteiger partial charge in [0.2, 0.25) is 0 Å². The third-order valence-corrected chi connectivity index (χ3v) is 2.61. The Morgan fingerprint density at radius 3 is 2.53 bits per heavy atom. The Morgan fingerprint density at radius 2 is 1.88 bits per heavy atom. The summed E-state index contributed by atoms with van der Waals surface area (Å²) in [5.74, 6) is 0.718. The van der Waals surface area contributed by atoms with Crippen molar-refractivity contribution in [2.24, 2.45) is 0 Å². The van der Waals surface area contributed by atoms with Crippen molar-refractivity contribution >= 4 is 10.8 Å². The summed E-state index contributed by atoms with van der Waals surface area (Å²) in [6.45, 7) is 6.32. The molecule has 0 radical (unpaired) electrons. The smallest absolute Gasteiger partial charge is 0.161 e. The Morgan fingerprint density at radius 1 is 1.24 bits per heavy atom. The van der Waals surface area contributed by atoms with Gasteiger partial charge in [0, 0.05) is 6.42 Å². The zero-order chi connectivity index (χ0) is 12.3. The SMILES string of the molecule is C=C(C)CCOc1cc2ccccc2cc1O. The minimum Gasteiger partial charge on any atom is -0.504 e. The molecule has 2 nitrogen and oxygen atoms in total. The summed E-state index contributed by atoms with van der Waals surface area (Å²) >= 11 is 0. The standard InChI is InChI=1S/C15H16O2/c1-11(2)7-8-17-15-10-13-6-4-3-5-12(13)9-14(15)16/h3-6,9-10,16H,1,7-8H2,2H3. The van der Waals surface area contributed by atoms with Gasteiger partial charge in [0.1, 0.15) is 0 Å². The summed E-state index contributed by atoms with van der Waals surface area (Å²) in [5, 5.41) is 11.9. The van der Waals surface area contributed by atoms with Gasteiger partial charge in [-0.25, -0.2) is 0 Å². The van der Waals surface area contributed by atoms with Crippen LogP contribution in [0.4, 0.5) is 0 Å². The van der Waals surface area contributed by atoms with E-state index in [9.17, 15) is 5.11 Å². The number of phenols is 1. The van der Waals surface area contributed by atoms with Gasteiger partial charge in [-0.2, -0.15) is 0 Å². The van der Waals surface area contributed by atoms with Crippen LogP contribution in [0.25, 0.3) is 10.8 Å². The van der Waals surface area contributed by atoms with Gasteiger partial charge in [-0.1, -0.05) is 29.8 Å². The second-order valence-corrected chi connectivity index (χ2v) is 4.22. The highest BCUT2D eigenvalue weighted by molar-refractivity contribution is 5.85. The lowest BCUT2D eigenvalue weighted by molar-refractivity contribution is 0.303. The van der Waals surface area contributed by atoms with E-state index in [-0.39, 0.29) is 5.75 Å². The molecule has 2 aromatic rings. The fraction of sp³-hybridized carbons (Fsp3) is 0.200. The van der Waals surface area contributed by atoms with E-state index in [2.05, 4.69) is 6.58 Å². The number of rotatable bonds is 4. The molecule has 0 spiro atoms. The van der Waals surface area contributed by atoms with Gasteiger partial charge in [0.25, 0.3) is 0 Å². The maximum atomic E-state index is 9.83. The first-order chi connectivity index (χ1) is 8.16. The van der Waals surface area contributed by atoms with Crippen molar-refractivity contribution in [2.75, 3.05) is 6.61 Å². The lowest BCUT2D eigenvalue weighted by Crippen LogP contribution is -1.97. The highest BCUT2D eigenvalue weighted by Gasteiger charge is 2.04. The molecule has 2 heteroatoms. The molecule has 0 saturated carbocycles. The molecule has 0 aliphatic rings. The molecule has 0 bridgehead atoms. The summed E-state index contributed by atoms with van der Waals surface area (Å²) in [6, 6.07) is 11.5. The van der Waals surface area contributed by atoms with Crippen LogP contribution in [0.1, 0.15) is 13.3 Å². The first-order valence-corrected chi connectivity index (χ1v) is 5.66. The molecule has 0 amide bonds. The van der Waals surface area contributed by atoms with Crippen LogP contribution in [-0.2, 0) is 0 Å². The quantitative estimate of drug-likeness (QED) is 0.804. The zero-order valence-corrected chi connectivity index (χ0v) is 9.94. The molecule has 0 atom stereocenters. The summed E-state index contributed by atoms with van der Waals surface area (Å²) < 4.78 is 5.54. The highest BCUT2D eigenvalue weighted by atomic mass is 16.5. The molecule has 0 heterocycles. The van der Waals surface area contributed by atoms with Crippen LogP contribution < -0.4 is 4.74 Å². The largest absolute Gasteiger partial charge is 0.504 e. The topological polar surface area (TPSA) is 29.5 Å². The number of hydrogen-bond donors (Lipinski definition) is 1. The molecule has 2 rings (SSSR count). The van der Waals surface area contributed by atoms with Crippen molar-refractivity contribution in [3.8, 4) is 11.5 Å². The van der Waals surface area contributed by atoms with E-state index in [0.717, 1.165) is 22.8 Å². The third-order valence-electron chi connectivity index (χ3n) is 2.61. The third kappa shape index (κ3) is 2.78. The second-order valence-electron chi connectivity index (χ2n) is 4.22. The molecule has 1 N–H and O–H groups in total. The fourth-order valence-electron chi connectivity index (χ4n) is 1.66. The molecule has 0 aliphatic carbocycles. The predicted molar refractivity (Wildman–Crippen MR) is 70.5 cm³/mol. The van der Waals surface area contributed by atoms with Crippen LogP contribution in [-0.4, -0.2) is 11.7 Å². The van der Waals surface area contributed by atoms with Crippen LogP contribution in [0, 0.1) is 0 Å². The van der Waals surface area contributed by atoms with E-state index >= 15 is 0 Å². The van der Waals surface area contributed by atoms with Crippen LogP contribution >= 0.6 is 0 Å². The molecule has 17 heavy (non-hydrogen) atoms. The number of phenolic OH excluding ortho intramolecular Hbond substituents is 1. The molecule has 88 valence electrons. The first kappa shape index (κ1) is 11.5. The summed E-state index contributed by atoms with van der Waals surface area (Å²) in [6.07, 6.45) is 0.798. The Hall–Kier alpha value is -1.96. The molecule has 0 saturated heterocycles. The first-order valence-electron chi connectivity index (χ1n) is 5.66. The number of ether oxygens (including phenoxy) is 1. The number of fused-ring (bicyclic) bond motifs is 1. The molecular formula is C15H16O2. The van der Waals surface area contributed by atoms with Gasteiger partial charge in [0.05, 0.1) is 6.61 Å². The molecule has 0 aliphatic heterocycles. The maximum Gasteiger partial charge on any atom is 0.161 e. The van der Waals surface area contributed by atoms with Gasteiger partial charge < -0.3 is 9.84 Å². The number of aromatic hydroxyl groups is 1. The van der Waals surface area contributed by atoms with E-state index < -0.39 is 0 Å². The Kier molecular flexibility index (Phi) is 3.33. The normalized spacial score (nSPS) is 10.4. The Bertz CT molecular complexity index is 544. The predicted octanol–water partition coefficient (Wildman–Crippen LogP) is 3.89. The summed E-state index contributed by atoms with van der Waals surface area (Å²) in [7, 11) is 0. The van der Waals surface area contributed by atoms with Gasteiger partial charge >= 0.3 is 0 Å². The minimum atomic E-state index is 0.186. The van der Waals surface area contributed by atoms with E-state index in [1.165, 1.54) is 0 Å². The van der Waals surface area contributed by atoms with Crippen molar-refractivity contribution in [3.63, 3.8) is 0 Å². The van der Waals surface area contributed by atoms with E-state index in [0.29, 0.717) is 12.4 Å². The number of hydrogen-bond acceptors (Lipinski definition) is 2. The fourth-order valence-corrected chi connectivity index (χ4v) is 1.66. The molecule has 0 fully saturated rings. The van der Waals surface area contributed by atoms with E-state index in [4.69, 9.17) is 4.74 Å². The van der Waals surface area contributed by atoms with Crippen molar-refractivity contribution in [1.29, 1.82) is 0 Å². The maximum absolute atomic E-state index is 9.83. The van der Waals surface area contributed by atoms with Crippen LogP contribution in [0.15, 0.2) is 48.6 Å². The molecule has 0 unspecified atom stereocenters. The average molecular weight is 228 g/mol. The van der Waals surface area contributed by atoms with Gasteiger partial charge in [-0.15, -0.1) is 6.58 Å². The van der Waals surface area contributed by atoms with Gasteiger partial charge in [-0.3, -0.25) is 0 Å². The van der Waals surface area contributed by atoms with Crippen molar-refractivity contribution < 1.29 is 9.84 Å². The lowest BCUT2D eigenvalue weighted by Gasteiger charge is -2.09. The minimum absolute atomic E-state index is 0.186. The zero-order valence-electron chi connectivity index (χ0n) is 9.94. The van der Waals surface area contributed by atoms with Crippen molar-refractivity contribution in [3.05, 3.63) is 48.6 Å². The Labute approximate surface area is 101 Å². The summed E-state index contributed by atoms with van der Waals surface area (Å²) in [4.78, 5) is 0. The summed E-state index contributed by atoms with van der Waals surface area (Å²) in [5.41, 5.74) is 1.07. The van der Waals surface area contributed by atoms with E-state index in [1.807, 2.05) is 37.3 Å². The van der Waals surface area contributed by atoms with E-state index in [1.54, 1.807) is 6.07 Å². The highest BCUT2D eigenvalue weighted by Crippen LogP contribution is 2.31. The van der Waals surface area contributed by atoms with Gasteiger partial charge in [-0.05, 0) is 29.8 Å². The molecular weight excluding hydrogens is 212 g/mol. The Balaban J connectivity index is 2.22. The van der Waals surface area contributed by atoms with Crippen molar-refractivity contribution in [2.45, 2.75) is 13.3 Å². The average Bonchev–Trinajstić information content (AvgIpc) is 2.29.